The Morgan fingerprint density at radius 2 is 1.56 bits per heavy atom. The van der Waals surface area contributed by atoms with E-state index in [0.717, 1.165) is 47.9 Å². The van der Waals surface area contributed by atoms with Gasteiger partial charge in [-0.3, -0.25) is 9.59 Å². The van der Waals surface area contributed by atoms with E-state index in [-0.39, 0.29) is 37.4 Å². The third kappa shape index (κ3) is 4.27. The Hall–Kier alpha value is -3.35. The molecule has 0 unspecified atom stereocenters. The number of amides is 2. The molecule has 2 fully saturated rings. The molecule has 7 heteroatoms. The fourth-order valence-electron chi connectivity index (χ4n) is 5.53. The number of carboxylic acids is 1. The number of rotatable bonds is 8. The Bertz CT molecular complexity index is 1060. The van der Waals surface area contributed by atoms with E-state index in [2.05, 4.69) is 29.6 Å². The fraction of sp³-hybridized carbons (Fsp3) is 0.444. The van der Waals surface area contributed by atoms with Crippen molar-refractivity contribution in [1.82, 2.24) is 10.2 Å². The van der Waals surface area contributed by atoms with Crippen LogP contribution in [0.3, 0.4) is 0 Å². The summed E-state index contributed by atoms with van der Waals surface area (Å²) in [6, 6.07) is 16.4. The molecule has 5 rings (SSSR count). The molecule has 0 spiro atoms. The minimum absolute atomic E-state index is 0.0492. The van der Waals surface area contributed by atoms with E-state index in [0.29, 0.717) is 12.8 Å². The first-order chi connectivity index (χ1) is 16.5. The molecule has 0 aromatic heterocycles. The number of carbonyl (C=O) groups is 3. The van der Waals surface area contributed by atoms with Gasteiger partial charge in [-0.2, -0.15) is 0 Å². The molecular weight excluding hydrogens is 432 g/mol. The first-order valence-electron chi connectivity index (χ1n) is 12.1. The molecule has 178 valence electrons. The van der Waals surface area contributed by atoms with E-state index in [1.54, 1.807) is 4.90 Å². The van der Waals surface area contributed by atoms with E-state index in [1.165, 1.54) is 0 Å². The molecule has 0 heterocycles. The van der Waals surface area contributed by atoms with E-state index in [9.17, 15) is 14.4 Å². The highest BCUT2D eigenvalue weighted by Gasteiger charge is 2.48. The van der Waals surface area contributed by atoms with Gasteiger partial charge < -0.3 is 20.1 Å². The molecule has 7 nitrogen and oxygen atoms in total. The van der Waals surface area contributed by atoms with Crippen LogP contribution in [0.15, 0.2) is 48.5 Å². The van der Waals surface area contributed by atoms with Crippen LogP contribution >= 0.6 is 0 Å². The lowest BCUT2D eigenvalue weighted by atomic mass is 9.95. The molecule has 2 aromatic rings. The van der Waals surface area contributed by atoms with Crippen molar-refractivity contribution in [3.8, 4) is 11.1 Å². The third-order valence-corrected chi connectivity index (χ3v) is 7.37. The number of aliphatic carboxylic acids is 1. The van der Waals surface area contributed by atoms with Crippen LogP contribution in [-0.4, -0.2) is 52.7 Å². The summed E-state index contributed by atoms with van der Waals surface area (Å²) in [5.74, 6) is -1.14. The maximum atomic E-state index is 13.5. The lowest BCUT2D eigenvalue weighted by molar-refractivity contribution is -0.141. The van der Waals surface area contributed by atoms with Gasteiger partial charge in [0.25, 0.3) is 0 Å². The number of nitrogens with one attached hydrogen (secondary N) is 1. The summed E-state index contributed by atoms with van der Waals surface area (Å²) in [5, 5.41) is 12.0. The van der Waals surface area contributed by atoms with Crippen molar-refractivity contribution >= 4 is 18.0 Å². The van der Waals surface area contributed by atoms with Crippen molar-refractivity contribution in [2.24, 2.45) is 0 Å². The van der Waals surface area contributed by atoms with Crippen LogP contribution in [0.4, 0.5) is 4.79 Å². The lowest BCUT2D eigenvalue weighted by Gasteiger charge is -2.35. The fourth-order valence-corrected chi connectivity index (χ4v) is 5.53. The SMILES string of the molecule is O=C(O)CCN(C(=O)C1(NC(=O)OCC2c3ccccc3-c3ccccc32)CCCC1)C1CC1. The summed E-state index contributed by atoms with van der Waals surface area (Å²) in [6.07, 6.45) is 3.85. The number of ether oxygens (including phenoxy) is 1. The van der Waals surface area contributed by atoms with Crippen LogP contribution < -0.4 is 5.32 Å². The lowest BCUT2D eigenvalue weighted by Crippen LogP contribution is -2.59. The van der Waals surface area contributed by atoms with E-state index in [4.69, 9.17) is 9.84 Å². The van der Waals surface area contributed by atoms with Crippen molar-refractivity contribution in [3.63, 3.8) is 0 Å². The summed E-state index contributed by atoms with van der Waals surface area (Å²) in [6.45, 7) is 0.364. The van der Waals surface area contributed by atoms with Crippen LogP contribution in [0.1, 0.15) is 62.0 Å². The molecule has 2 aromatic carbocycles. The van der Waals surface area contributed by atoms with Crippen molar-refractivity contribution in [3.05, 3.63) is 59.7 Å². The van der Waals surface area contributed by atoms with Crippen molar-refractivity contribution in [1.29, 1.82) is 0 Å². The zero-order valence-corrected chi connectivity index (χ0v) is 19.2. The minimum atomic E-state index is -1.01. The van der Waals surface area contributed by atoms with Gasteiger partial charge in [0, 0.05) is 18.5 Å². The first-order valence-corrected chi connectivity index (χ1v) is 12.1. The summed E-state index contributed by atoms with van der Waals surface area (Å²) < 4.78 is 5.72. The van der Waals surface area contributed by atoms with Gasteiger partial charge in [0.05, 0.1) is 6.42 Å². The van der Waals surface area contributed by atoms with Gasteiger partial charge in [-0.25, -0.2) is 4.79 Å². The number of benzene rings is 2. The number of carboxylic acid groups (broad SMARTS) is 1. The Labute approximate surface area is 199 Å². The monoisotopic (exact) mass is 462 g/mol. The second kappa shape index (κ2) is 9.12. The average molecular weight is 463 g/mol. The van der Waals surface area contributed by atoms with Crippen molar-refractivity contribution in [2.75, 3.05) is 13.2 Å². The molecule has 3 aliphatic carbocycles. The van der Waals surface area contributed by atoms with Gasteiger partial charge in [-0.1, -0.05) is 61.4 Å². The highest BCUT2D eigenvalue weighted by atomic mass is 16.5. The molecule has 2 N–H and O–H groups in total. The van der Waals surface area contributed by atoms with Crippen molar-refractivity contribution in [2.45, 2.75) is 62.4 Å². The zero-order valence-electron chi connectivity index (χ0n) is 19.2. The Kier molecular flexibility index (Phi) is 6.02. The molecule has 0 saturated heterocycles. The molecule has 2 amide bonds. The zero-order chi connectivity index (χ0) is 23.7. The molecule has 0 bridgehead atoms. The molecule has 3 aliphatic rings. The number of alkyl carbamates (subject to hydrolysis) is 1. The number of hydrogen-bond acceptors (Lipinski definition) is 4. The number of carbonyl (C=O) groups excluding carboxylic acids is 2. The smallest absolute Gasteiger partial charge is 0.408 e. The maximum absolute atomic E-state index is 13.5. The highest BCUT2D eigenvalue weighted by molar-refractivity contribution is 5.91. The quantitative estimate of drug-likeness (QED) is 0.610. The maximum Gasteiger partial charge on any atom is 0.408 e. The predicted molar refractivity (Wildman–Crippen MR) is 126 cm³/mol. The Morgan fingerprint density at radius 3 is 2.12 bits per heavy atom. The molecular formula is C27H30N2O5. The second-order valence-electron chi connectivity index (χ2n) is 9.61. The topological polar surface area (TPSA) is 95.9 Å². The number of nitrogens with zero attached hydrogens (tertiary/aromatic N) is 1. The van der Waals surface area contributed by atoms with E-state index in [1.807, 2.05) is 24.3 Å². The second-order valence-corrected chi connectivity index (χ2v) is 9.61. The minimum Gasteiger partial charge on any atom is -0.481 e. The molecule has 0 radical (unpaired) electrons. The van der Waals surface area contributed by atoms with Crippen molar-refractivity contribution < 1.29 is 24.2 Å². The van der Waals surface area contributed by atoms with Gasteiger partial charge in [-0.15, -0.1) is 0 Å². The molecule has 34 heavy (non-hydrogen) atoms. The largest absolute Gasteiger partial charge is 0.481 e. The van der Waals surface area contributed by atoms with Gasteiger partial charge >= 0.3 is 12.1 Å². The standard InChI is InChI=1S/C27H30N2O5/c30-24(31)13-16-29(18-11-12-18)25(32)27(14-5-6-15-27)28-26(33)34-17-23-21-9-3-1-7-19(21)20-8-2-4-10-22(20)23/h1-4,7-10,18,23H,5-6,11-17H2,(H,28,33)(H,30,31). The van der Waals surface area contributed by atoms with E-state index < -0.39 is 17.6 Å². The van der Waals surface area contributed by atoms with E-state index >= 15 is 0 Å². The average Bonchev–Trinajstić information content (AvgIpc) is 3.47. The first kappa shape index (κ1) is 22.4. The molecule has 0 atom stereocenters. The third-order valence-electron chi connectivity index (χ3n) is 7.37. The van der Waals surface area contributed by atoms with Crippen LogP contribution in [0.2, 0.25) is 0 Å². The van der Waals surface area contributed by atoms with Crippen LogP contribution in [-0.2, 0) is 14.3 Å². The summed E-state index contributed by atoms with van der Waals surface area (Å²) in [7, 11) is 0. The summed E-state index contributed by atoms with van der Waals surface area (Å²) >= 11 is 0. The molecule has 2 saturated carbocycles. The highest BCUT2D eigenvalue weighted by Crippen LogP contribution is 2.44. The number of fused-ring (bicyclic) bond motifs is 3. The van der Waals surface area contributed by atoms with Crippen LogP contribution in [0.5, 0.6) is 0 Å². The summed E-state index contributed by atoms with van der Waals surface area (Å²) in [5.41, 5.74) is 3.58. The Balaban J connectivity index is 1.28. The van der Waals surface area contributed by atoms with Crippen LogP contribution in [0, 0.1) is 0 Å². The summed E-state index contributed by atoms with van der Waals surface area (Å²) in [4.78, 5) is 39.3. The van der Waals surface area contributed by atoms with Gasteiger partial charge in [0.1, 0.15) is 12.1 Å². The Morgan fingerprint density at radius 1 is 0.971 bits per heavy atom. The predicted octanol–water partition coefficient (Wildman–Crippen LogP) is 4.30. The number of hydrogen-bond donors (Lipinski definition) is 2. The van der Waals surface area contributed by atoms with Gasteiger partial charge in [0.15, 0.2) is 0 Å². The van der Waals surface area contributed by atoms with Gasteiger partial charge in [-0.05, 0) is 47.9 Å². The van der Waals surface area contributed by atoms with Crippen LogP contribution in [0.25, 0.3) is 11.1 Å². The van der Waals surface area contributed by atoms with Gasteiger partial charge in [0.2, 0.25) is 5.91 Å². The normalized spacial score (nSPS) is 18.1. The molecule has 0 aliphatic heterocycles.